The third-order valence-electron chi connectivity index (χ3n) is 2.85. The fourth-order valence-corrected chi connectivity index (χ4v) is 2.39. The molecule has 0 amide bonds. The molecule has 0 radical (unpaired) electrons. The lowest BCUT2D eigenvalue weighted by Gasteiger charge is -2.10. The Morgan fingerprint density at radius 3 is 3.00 bits per heavy atom. The molecule has 0 spiro atoms. The van der Waals surface area contributed by atoms with Crippen LogP contribution in [0, 0.1) is 0 Å². The van der Waals surface area contributed by atoms with E-state index in [0.29, 0.717) is 12.4 Å². The first-order valence-electron chi connectivity index (χ1n) is 5.45. The summed E-state index contributed by atoms with van der Waals surface area (Å²) in [6, 6.07) is 8.13. The largest absolute Gasteiger partial charge is 0.488 e. The zero-order valence-corrected chi connectivity index (χ0v) is 10.7. The number of hydrogen-bond donors (Lipinski definition) is 1. The second kappa shape index (κ2) is 4.07. The number of ether oxygens (including phenoxy) is 1. The van der Waals surface area contributed by atoms with E-state index in [9.17, 15) is 0 Å². The van der Waals surface area contributed by atoms with Crippen molar-refractivity contribution >= 4 is 21.7 Å². The van der Waals surface area contributed by atoms with E-state index in [4.69, 9.17) is 10.5 Å². The summed E-state index contributed by atoms with van der Waals surface area (Å²) in [5, 5.41) is 4.20. The van der Waals surface area contributed by atoms with Gasteiger partial charge in [0.15, 0.2) is 5.82 Å². The molecule has 0 saturated heterocycles. The number of benzene rings is 1. The van der Waals surface area contributed by atoms with Gasteiger partial charge in [-0.2, -0.15) is 5.10 Å². The van der Waals surface area contributed by atoms with Crippen LogP contribution in [-0.2, 0) is 13.0 Å². The molecule has 0 aliphatic carbocycles. The van der Waals surface area contributed by atoms with Gasteiger partial charge >= 0.3 is 0 Å². The Kier molecular flexibility index (Phi) is 2.55. The number of anilines is 1. The summed E-state index contributed by atoms with van der Waals surface area (Å²) in [6.45, 7) is 0.713. The summed E-state index contributed by atoms with van der Waals surface area (Å²) in [4.78, 5) is 0. The summed E-state index contributed by atoms with van der Waals surface area (Å²) in [5.41, 5.74) is 6.94. The third kappa shape index (κ3) is 2.02. The lowest BCUT2D eigenvalue weighted by molar-refractivity contribution is 0.203. The maximum absolute atomic E-state index is 5.84. The van der Waals surface area contributed by atoms with Gasteiger partial charge in [-0.25, -0.2) is 0 Å². The normalized spacial score (nSPS) is 17.8. The Balaban J connectivity index is 1.73. The van der Waals surface area contributed by atoms with Crippen LogP contribution in [0.25, 0.3) is 0 Å². The van der Waals surface area contributed by atoms with Crippen LogP contribution in [0.4, 0.5) is 5.82 Å². The van der Waals surface area contributed by atoms with E-state index in [1.807, 2.05) is 29.1 Å². The van der Waals surface area contributed by atoms with Gasteiger partial charge in [0.05, 0.1) is 11.0 Å². The first-order chi connectivity index (χ1) is 8.22. The van der Waals surface area contributed by atoms with Gasteiger partial charge in [0.2, 0.25) is 0 Å². The Morgan fingerprint density at radius 1 is 1.47 bits per heavy atom. The van der Waals surface area contributed by atoms with Crippen molar-refractivity contribution in [3.63, 3.8) is 0 Å². The number of fused-ring (bicyclic) bond motifs is 1. The van der Waals surface area contributed by atoms with Crippen LogP contribution in [0.3, 0.4) is 0 Å². The molecule has 1 aromatic carbocycles. The Bertz CT molecular complexity index is 508. The zero-order valence-electron chi connectivity index (χ0n) is 9.14. The molecule has 5 heteroatoms. The predicted molar refractivity (Wildman–Crippen MR) is 68.9 cm³/mol. The minimum absolute atomic E-state index is 0.138. The molecule has 1 aromatic heterocycles. The lowest BCUT2D eigenvalue weighted by Crippen LogP contribution is -2.21. The molecule has 1 aliphatic heterocycles. The second-order valence-electron chi connectivity index (χ2n) is 4.14. The van der Waals surface area contributed by atoms with Gasteiger partial charge in [-0.15, -0.1) is 0 Å². The molecule has 4 nitrogen and oxygen atoms in total. The molecule has 2 heterocycles. The number of halogens is 1. The highest BCUT2D eigenvalue weighted by atomic mass is 79.9. The first-order valence-corrected chi connectivity index (χ1v) is 6.24. The van der Waals surface area contributed by atoms with E-state index in [-0.39, 0.29) is 6.10 Å². The quantitative estimate of drug-likeness (QED) is 0.924. The van der Waals surface area contributed by atoms with Gasteiger partial charge in [0.1, 0.15) is 11.9 Å². The van der Waals surface area contributed by atoms with Crippen LogP contribution < -0.4 is 10.5 Å². The highest BCUT2D eigenvalue weighted by Gasteiger charge is 2.23. The number of aromatic nitrogens is 2. The summed E-state index contributed by atoms with van der Waals surface area (Å²) < 4.78 is 8.49. The van der Waals surface area contributed by atoms with E-state index < -0.39 is 0 Å². The number of nitrogens with two attached hydrogens (primary N) is 1. The summed E-state index contributed by atoms with van der Waals surface area (Å²) in [7, 11) is 0. The van der Waals surface area contributed by atoms with Gasteiger partial charge in [0, 0.05) is 12.6 Å². The molecule has 3 rings (SSSR count). The second-order valence-corrected chi connectivity index (χ2v) is 4.99. The predicted octanol–water partition coefficient (Wildman–Crippen LogP) is 2.23. The molecule has 1 unspecified atom stereocenters. The molecular formula is C12H12BrN3O. The average molecular weight is 294 g/mol. The minimum atomic E-state index is 0.138. The van der Waals surface area contributed by atoms with Gasteiger partial charge in [-0.1, -0.05) is 18.2 Å². The molecule has 2 aromatic rings. The van der Waals surface area contributed by atoms with Crippen molar-refractivity contribution in [2.75, 3.05) is 5.73 Å². The maximum Gasteiger partial charge on any atom is 0.159 e. The highest BCUT2D eigenvalue weighted by Crippen LogP contribution is 2.29. The Labute approximate surface area is 108 Å². The topological polar surface area (TPSA) is 53.1 Å². The lowest BCUT2D eigenvalue weighted by atomic mass is 10.1. The van der Waals surface area contributed by atoms with Gasteiger partial charge in [0.25, 0.3) is 0 Å². The van der Waals surface area contributed by atoms with Crippen molar-refractivity contribution in [3.05, 3.63) is 40.5 Å². The number of para-hydroxylation sites is 1. The SMILES string of the molecule is Nc1nn(CC2Cc3ccccc3O2)cc1Br. The number of nitrogen functional groups attached to an aromatic ring is 1. The Hall–Kier alpha value is -1.49. The average Bonchev–Trinajstić information content (AvgIpc) is 2.83. The minimum Gasteiger partial charge on any atom is -0.488 e. The van der Waals surface area contributed by atoms with Crippen LogP contribution >= 0.6 is 15.9 Å². The number of hydrogen-bond acceptors (Lipinski definition) is 3. The molecule has 2 N–H and O–H groups in total. The number of rotatable bonds is 2. The standard InChI is InChI=1S/C12H12BrN3O/c13-10-7-16(15-12(10)14)6-9-5-8-3-1-2-4-11(8)17-9/h1-4,7,9H,5-6H2,(H2,14,15). The highest BCUT2D eigenvalue weighted by molar-refractivity contribution is 9.10. The molecule has 17 heavy (non-hydrogen) atoms. The molecule has 0 saturated carbocycles. The monoisotopic (exact) mass is 293 g/mol. The molecule has 1 aliphatic rings. The van der Waals surface area contributed by atoms with E-state index in [1.54, 1.807) is 0 Å². The molecule has 0 bridgehead atoms. The first kappa shape index (κ1) is 10.7. The van der Waals surface area contributed by atoms with Gasteiger partial charge in [-0.3, -0.25) is 4.68 Å². The Morgan fingerprint density at radius 2 is 2.29 bits per heavy atom. The van der Waals surface area contributed by atoms with Crippen LogP contribution in [0.1, 0.15) is 5.56 Å². The van der Waals surface area contributed by atoms with Crippen molar-refractivity contribution in [2.45, 2.75) is 19.1 Å². The van der Waals surface area contributed by atoms with Crippen molar-refractivity contribution in [2.24, 2.45) is 0 Å². The van der Waals surface area contributed by atoms with E-state index in [0.717, 1.165) is 16.6 Å². The number of nitrogens with zero attached hydrogens (tertiary/aromatic N) is 2. The van der Waals surface area contributed by atoms with Gasteiger partial charge in [-0.05, 0) is 27.6 Å². The molecule has 88 valence electrons. The summed E-state index contributed by atoms with van der Waals surface area (Å²) >= 11 is 3.34. The van der Waals surface area contributed by atoms with Crippen molar-refractivity contribution in [3.8, 4) is 5.75 Å². The smallest absolute Gasteiger partial charge is 0.159 e. The summed E-state index contributed by atoms with van der Waals surface area (Å²) in [5.74, 6) is 1.50. The fourth-order valence-electron chi connectivity index (χ4n) is 2.07. The van der Waals surface area contributed by atoms with Crippen LogP contribution in [0.5, 0.6) is 5.75 Å². The molecule has 0 fully saturated rings. The maximum atomic E-state index is 5.84. The van der Waals surface area contributed by atoms with E-state index >= 15 is 0 Å². The zero-order chi connectivity index (χ0) is 11.8. The van der Waals surface area contributed by atoms with Crippen LogP contribution in [0.2, 0.25) is 0 Å². The van der Waals surface area contributed by atoms with Crippen molar-refractivity contribution in [1.29, 1.82) is 0 Å². The van der Waals surface area contributed by atoms with Gasteiger partial charge < -0.3 is 10.5 Å². The van der Waals surface area contributed by atoms with Crippen molar-refractivity contribution < 1.29 is 4.74 Å². The van der Waals surface area contributed by atoms with E-state index in [2.05, 4.69) is 27.1 Å². The molecule has 1 atom stereocenters. The van der Waals surface area contributed by atoms with Crippen LogP contribution in [0.15, 0.2) is 34.9 Å². The van der Waals surface area contributed by atoms with E-state index in [1.165, 1.54) is 5.56 Å². The summed E-state index contributed by atoms with van der Waals surface area (Å²) in [6.07, 6.45) is 2.94. The van der Waals surface area contributed by atoms with Crippen LogP contribution in [-0.4, -0.2) is 15.9 Å². The third-order valence-corrected chi connectivity index (χ3v) is 3.46. The fraction of sp³-hybridized carbons (Fsp3) is 0.250. The molecular weight excluding hydrogens is 282 g/mol. The van der Waals surface area contributed by atoms with Crippen molar-refractivity contribution in [1.82, 2.24) is 9.78 Å².